The zero-order valence-corrected chi connectivity index (χ0v) is 14.3. The molecule has 0 spiro atoms. The van der Waals surface area contributed by atoms with E-state index in [4.69, 9.17) is 4.52 Å². The van der Waals surface area contributed by atoms with Crippen LogP contribution in [0.4, 0.5) is 14.5 Å². The minimum atomic E-state index is -0.579. The number of aromatic nitrogens is 4. The number of carbonyl (C=O) groups excluding carboxylic acids is 1. The molecule has 0 atom stereocenters. The number of anilines is 1. The van der Waals surface area contributed by atoms with Gasteiger partial charge >= 0.3 is 0 Å². The molecule has 4 rings (SSSR count). The lowest BCUT2D eigenvalue weighted by atomic mass is 10.2. The number of carbonyl (C=O) groups is 1. The number of pyridine rings is 1. The van der Waals surface area contributed by atoms with Crippen molar-refractivity contribution in [3.05, 3.63) is 83.9 Å². The van der Waals surface area contributed by atoms with E-state index in [9.17, 15) is 13.6 Å². The fourth-order valence-corrected chi connectivity index (χ4v) is 2.59. The van der Waals surface area contributed by atoms with Crippen LogP contribution in [0, 0.1) is 11.6 Å². The molecule has 0 radical (unpaired) electrons. The van der Waals surface area contributed by atoms with Crippen LogP contribution in [0.3, 0.4) is 0 Å². The summed E-state index contributed by atoms with van der Waals surface area (Å²) in [6.07, 6.45) is 4.46. The van der Waals surface area contributed by atoms with E-state index in [-0.39, 0.29) is 23.0 Å². The van der Waals surface area contributed by atoms with Crippen molar-refractivity contribution in [3.63, 3.8) is 0 Å². The molecule has 0 bridgehead atoms. The Kier molecular flexibility index (Phi) is 4.63. The molecule has 28 heavy (non-hydrogen) atoms. The van der Waals surface area contributed by atoms with Crippen molar-refractivity contribution in [1.82, 2.24) is 19.9 Å². The standard InChI is InChI=1S/C19H13F2N5O2/c20-13-4-1-3-12(7-13)10-26-11-14(9-23-26)24-19(27)16-8-17(28-25-16)18-15(21)5-2-6-22-18/h1-9,11H,10H2,(H,24,27). The Hall–Kier alpha value is -3.88. The molecule has 0 aliphatic heterocycles. The van der Waals surface area contributed by atoms with E-state index in [1.807, 2.05) is 0 Å². The van der Waals surface area contributed by atoms with Crippen molar-refractivity contribution < 1.29 is 18.1 Å². The van der Waals surface area contributed by atoms with E-state index in [0.29, 0.717) is 12.2 Å². The van der Waals surface area contributed by atoms with Crippen molar-refractivity contribution >= 4 is 11.6 Å². The number of nitrogens with one attached hydrogen (secondary N) is 1. The first-order valence-corrected chi connectivity index (χ1v) is 8.24. The largest absolute Gasteiger partial charge is 0.354 e. The second-order valence-corrected chi connectivity index (χ2v) is 5.92. The monoisotopic (exact) mass is 381 g/mol. The minimum absolute atomic E-state index is 0.0297. The smallest absolute Gasteiger partial charge is 0.277 e. The average Bonchev–Trinajstić information content (AvgIpc) is 3.32. The Balaban J connectivity index is 1.45. The SMILES string of the molecule is O=C(Nc1cnn(Cc2cccc(F)c2)c1)c1cc(-c2ncccc2F)on1. The van der Waals surface area contributed by atoms with Crippen LogP contribution in [0.1, 0.15) is 16.1 Å². The summed E-state index contributed by atoms with van der Waals surface area (Å²) in [5, 5.41) is 10.4. The molecule has 7 nitrogen and oxygen atoms in total. The van der Waals surface area contributed by atoms with Crippen LogP contribution < -0.4 is 5.32 Å². The molecule has 140 valence electrons. The third kappa shape index (κ3) is 3.78. The second-order valence-electron chi connectivity index (χ2n) is 5.92. The van der Waals surface area contributed by atoms with E-state index in [0.717, 1.165) is 5.56 Å². The lowest BCUT2D eigenvalue weighted by Crippen LogP contribution is -2.11. The predicted molar refractivity (Wildman–Crippen MR) is 95.4 cm³/mol. The van der Waals surface area contributed by atoms with Crippen LogP contribution in [-0.2, 0) is 6.54 Å². The van der Waals surface area contributed by atoms with Gasteiger partial charge in [0.2, 0.25) is 0 Å². The van der Waals surface area contributed by atoms with Gasteiger partial charge in [-0.3, -0.25) is 9.48 Å². The molecule has 1 N–H and O–H groups in total. The highest BCUT2D eigenvalue weighted by atomic mass is 19.1. The number of halogens is 2. The molecule has 3 heterocycles. The first kappa shape index (κ1) is 17.5. The van der Waals surface area contributed by atoms with Gasteiger partial charge in [0.1, 0.15) is 11.5 Å². The van der Waals surface area contributed by atoms with Gasteiger partial charge in [-0.1, -0.05) is 17.3 Å². The maximum atomic E-state index is 13.8. The van der Waals surface area contributed by atoms with Crippen LogP contribution in [0.25, 0.3) is 11.5 Å². The van der Waals surface area contributed by atoms with Gasteiger partial charge in [0.25, 0.3) is 5.91 Å². The maximum Gasteiger partial charge on any atom is 0.277 e. The van der Waals surface area contributed by atoms with Gasteiger partial charge in [-0.25, -0.2) is 13.8 Å². The van der Waals surface area contributed by atoms with Gasteiger partial charge in [-0.05, 0) is 29.8 Å². The van der Waals surface area contributed by atoms with E-state index in [1.165, 1.54) is 42.7 Å². The van der Waals surface area contributed by atoms with Crippen LogP contribution in [-0.4, -0.2) is 25.8 Å². The molecule has 0 unspecified atom stereocenters. The van der Waals surface area contributed by atoms with Gasteiger partial charge in [0.15, 0.2) is 17.3 Å². The highest BCUT2D eigenvalue weighted by Crippen LogP contribution is 2.21. The summed E-state index contributed by atoms with van der Waals surface area (Å²) in [6.45, 7) is 0.348. The van der Waals surface area contributed by atoms with Gasteiger partial charge in [0.05, 0.1) is 18.4 Å². The molecule has 0 saturated heterocycles. The summed E-state index contributed by atoms with van der Waals surface area (Å²) in [4.78, 5) is 16.2. The van der Waals surface area contributed by atoms with E-state index >= 15 is 0 Å². The summed E-state index contributed by atoms with van der Waals surface area (Å²) in [7, 11) is 0. The van der Waals surface area contributed by atoms with Crippen molar-refractivity contribution in [1.29, 1.82) is 0 Å². The number of benzene rings is 1. The molecule has 0 aliphatic rings. The molecule has 3 aromatic heterocycles. The van der Waals surface area contributed by atoms with Gasteiger partial charge in [0, 0.05) is 18.5 Å². The van der Waals surface area contributed by atoms with E-state index < -0.39 is 11.7 Å². The van der Waals surface area contributed by atoms with Gasteiger partial charge in [-0.2, -0.15) is 5.10 Å². The number of rotatable bonds is 5. The lowest BCUT2D eigenvalue weighted by Gasteiger charge is -2.02. The Morgan fingerprint density at radius 3 is 2.89 bits per heavy atom. The lowest BCUT2D eigenvalue weighted by molar-refractivity contribution is 0.101. The molecule has 1 aromatic carbocycles. The molecular weight excluding hydrogens is 368 g/mol. The third-order valence-corrected chi connectivity index (χ3v) is 3.86. The van der Waals surface area contributed by atoms with Crippen molar-refractivity contribution in [2.75, 3.05) is 5.32 Å². The fraction of sp³-hybridized carbons (Fsp3) is 0.0526. The number of amides is 1. The summed E-state index contributed by atoms with van der Waals surface area (Å²) in [5.41, 5.74) is 1.10. The zero-order chi connectivity index (χ0) is 19.5. The maximum absolute atomic E-state index is 13.8. The highest BCUT2D eigenvalue weighted by Gasteiger charge is 2.17. The first-order valence-electron chi connectivity index (χ1n) is 8.24. The summed E-state index contributed by atoms with van der Waals surface area (Å²) in [5.74, 6) is -1.41. The molecule has 0 aliphatic carbocycles. The Morgan fingerprint density at radius 2 is 2.07 bits per heavy atom. The molecule has 1 amide bonds. The Morgan fingerprint density at radius 1 is 1.18 bits per heavy atom. The number of nitrogens with zero attached hydrogens (tertiary/aromatic N) is 4. The van der Waals surface area contributed by atoms with Crippen LogP contribution in [0.5, 0.6) is 0 Å². The Labute approximate surface area is 157 Å². The third-order valence-electron chi connectivity index (χ3n) is 3.86. The molecule has 4 aromatic rings. The van der Waals surface area contributed by atoms with E-state index in [2.05, 4.69) is 20.6 Å². The Bertz CT molecular complexity index is 1140. The van der Waals surface area contributed by atoms with Crippen LogP contribution in [0.15, 0.2) is 65.6 Å². The predicted octanol–water partition coefficient (Wildman–Crippen LogP) is 3.51. The van der Waals surface area contributed by atoms with Gasteiger partial charge < -0.3 is 9.84 Å². The summed E-state index contributed by atoms with van der Waals surface area (Å²) < 4.78 is 33.6. The first-order chi connectivity index (χ1) is 13.6. The topological polar surface area (TPSA) is 85.8 Å². The highest BCUT2D eigenvalue weighted by molar-refractivity contribution is 6.03. The zero-order valence-electron chi connectivity index (χ0n) is 14.3. The molecule has 0 fully saturated rings. The normalized spacial score (nSPS) is 10.8. The van der Waals surface area contributed by atoms with Crippen molar-refractivity contribution in [2.24, 2.45) is 0 Å². The minimum Gasteiger partial charge on any atom is -0.354 e. The number of hydrogen-bond donors (Lipinski definition) is 1. The van der Waals surface area contributed by atoms with Crippen molar-refractivity contribution in [3.8, 4) is 11.5 Å². The average molecular weight is 381 g/mol. The van der Waals surface area contributed by atoms with Gasteiger partial charge in [-0.15, -0.1) is 0 Å². The number of hydrogen-bond acceptors (Lipinski definition) is 5. The summed E-state index contributed by atoms with van der Waals surface area (Å²) >= 11 is 0. The molecule has 0 saturated carbocycles. The molecular formula is C19H13F2N5O2. The quantitative estimate of drug-likeness (QED) is 0.572. The van der Waals surface area contributed by atoms with Crippen LogP contribution >= 0.6 is 0 Å². The van der Waals surface area contributed by atoms with E-state index in [1.54, 1.807) is 23.0 Å². The van der Waals surface area contributed by atoms with Crippen LogP contribution in [0.2, 0.25) is 0 Å². The summed E-state index contributed by atoms with van der Waals surface area (Å²) in [6, 6.07) is 10.1. The fourth-order valence-electron chi connectivity index (χ4n) is 2.59. The van der Waals surface area contributed by atoms with Crippen molar-refractivity contribution in [2.45, 2.75) is 6.54 Å². The second kappa shape index (κ2) is 7.39. The molecule has 9 heteroatoms.